The van der Waals surface area contributed by atoms with Gasteiger partial charge in [0.05, 0.1) is 0 Å². The van der Waals surface area contributed by atoms with Crippen LogP contribution in [0.3, 0.4) is 0 Å². The molecule has 8 nitrogen and oxygen atoms in total. The molecule has 0 saturated carbocycles. The zero-order valence-corrected chi connectivity index (χ0v) is 25.9. The third-order valence-electron chi connectivity index (χ3n) is 4.81. The molecule has 2 atom stereocenters. The summed E-state index contributed by atoms with van der Waals surface area (Å²) < 4.78 is 12.2. The van der Waals surface area contributed by atoms with E-state index in [1.165, 1.54) is 4.90 Å². The van der Waals surface area contributed by atoms with Crippen molar-refractivity contribution >= 4 is 29.3 Å². The Labute approximate surface area is 235 Å². The Kier molecular flexibility index (Phi) is 18.6. The minimum Gasteiger partial charge on any atom is -0.668 e. The van der Waals surface area contributed by atoms with Crippen LogP contribution in [0.1, 0.15) is 67.2 Å². The second-order valence-electron chi connectivity index (χ2n) is 8.60. The van der Waals surface area contributed by atoms with Crippen LogP contribution in [0.15, 0.2) is 24.3 Å². The molecular formula is C26H41N3O5U. The van der Waals surface area contributed by atoms with E-state index in [2.05, 4.69) is 12.2 Å². The van der Waals surface area contributed by atoms with Crippen LogP contribution in [0.25, 0.3) is 5.73 Å². The Morgan fingerprint density at radius 1 is 1.17 bits per heavy atom. The number of Topliss-reactive ketones (excluding diaryl/α,β-unsaturated/α-hetero) is 2. The predicted molar refractivity (Wildman–Crippen MR) is 135 cm³/mol. The molecule has 194 valence electrons. The van der Waals surface area contributed by atoms with E-state index < -0.39 is 18.1 Å². The Hall–Kier alpha value is -1.69. The van der Waals surface area contributed by atoms with Crippen LogP contribution in [-0.2, 0) is 25.7 Å². The van der Waals surface area contributed by atoms with E-state index in [0.717, 1.165) is 12.0 Å². The molecule has 2 amide bonds. The number of anilines is 1. The molecule has 2 N–H and O–H groups in total. The van der Waals surface area contributed by atoms with E-state index in [1.54, 1.807) is 52.1 Å². The first-order valence-electron chi connectivity index (χ1n) is 12.3. The van der Waals surface area contributed by atoms with E-state index in [4.69, 9.17) is 11.8 Å². The van der Waals surface area contributed by atoms with Gasteiger partial charge in [-0.1, -0.05) is 51.8 Å². The molecule has 0 bridgehead atoms. The molecular weight excluding hydrogens is 672 g/mol. The first-order valence-corrected chi connectivity index (χ1v) is 11.6. The van der Waals surface area contributed by atoms with Gasteiger partial charge in [0, 0.05) is 39.4 Å². The van der Waals surface area contributed by atoms with Crippen molar-refractivity contribution < 1.29 is 56.4 Å². The second kappa shape index (κ2) is 19.5. The van der Waals surface area contributed by atoms with Gasteiger partial charge in [0.15, 0.2) is 0 Å². The molecule has 0 aromatic heterocycles. The monoisotopic (exact) mass is 714 g/mol. The maximum atomic E-state index is 12.3. The van der Waals surface area contributed by atoms with Crippen molar-refractivity contribution in [2.24, 2.45) is 11.8 Å². The molecule has 1 rings (SSSR count). The van der Waals surface area contributed by atoms with Crippen LogP contribution in [0.2, 0.25) is 0 Å². The summed E-state index contributed by atoms with van der Waals surface area (Å²) in [5.74, 6) is -1.32. The minimum absolute atomic E-state index is 0. The number of hydrogen-bond acceptors (Lipinski definition) is 5. The SMILES string of the molecule is [2H]CC(=O)CCCN(C)C(=O)OCc1ccc(NC(=O)[C@H](C)CC(=O)[C@@H]([NH-])C(C)C)cc1.[CH2-]CC.[U+2]. The number of nitrogens with zero attached hydrogens (tertiary/aromatic N) is 1. The van der Waals surface area contributed by atoms with E-state index in [1.807, 2.05) is 6.92 Å². The van der Waals surface area contributed by atoms with Crippen LogP contribution in [0.5, 0.6) is 0 Å². The Balaban J connectivity index is 0. The van der Waals surface area contributed by atoms with Crippen LogP contribution in [-0.4, -0.2) is 48.1 Å². The molecule has 0 aliphatic carbocycles. The van der Waals surface area contributed by atoms with Crippen molar-refractivity contribution in [3.05, 3.63) is 42.5 Å². The van der Waals surface area contributed by atoms with E-state index in [9.17, 15) is 19.2 Å². The summed E-state index contributed by atoms with van der Waals surface area (Å²) in [6.07, 6.45) is 1.27. The van der Waals surface area contributed by atoms with Gasteiger partial charge in [-0.2, -0.15) is 6.42 Å². The van der Waals surface area contributed by atoms with Gasteiger partial charge in [0.1, 0.15) is 18.2 Å². The third-order valence-corrected chi connectivity index (χ3v) is 4.81. The number of hydrogen-bond donors (Lipinski definition) is 1. The molecule has 1 aromatic carbocycles. The molecule has 0 heterocycles. The minimum atomic E-state index is -0.822. The fraction of sp³-hybridized carbons (Fsp3) is 0.577. The van der Waals surface area contributed by atoms with Crippen molar-refractivity contribution in [3.8, 4) is 0 Å². The van der Waals surface area contributed by atoms with Gasteiger partial charge in [-0.05, 0) is 31.0 Å². The maximum Gasteiger partial charge on any atom is 2.00 e. The summed E-state index contributed by atoms with van der Waals surface area (Å²) in [6.45, 7) is 11.0. The van der Waals surface area contributed by atoms with Crippen LogP contribution < -0.4 is 5.32 Å². The Morgan fingerprint density at radius 3 is 2.26 bits per heavy atom. The number of rotatable bonds is 12. The number of ketones is 2. The smallest absolute Gasteiger partial charge is 0.668 e. The molecule has 0 radical (unpaired) electrons. The fourth-order valence-electron chi connectivity index (χ4n) is 2.70. The fourth-order valence-corrected chi connectivity index (χ4v) is 2.70. The molecule has 1 aromatic rings. The van der Waals surface area contributed by atoms with E-state index in [-0.39, 0.29) is 80.9 Å². The van der Waals surface area contributed by atoms with Gasteiger partial charge in [-0.25, -0.2) is 4.79 Å². The molecule has 0 unspecified atom stereocenters. The summed E-state index contributed by atoms with van der Waals surface area (Å²) in [7, 11) is 1.59. The molecule has 35 heavy (non-hydrogen) atoms. The van der Waals surface area contributed by atoms with E-state index in [0.29, 0.717) is 18.7 Å². The van der Waals surface area contributed by atoms with Crippen LogP contribution in [0, 0.1) is 49.9 Å². The van der Waals surface area contributed by atoms with Gasteiger partial charge in [0.2, 0.25) is 5.91 Å². The van der Waals surface area contributed by atoms with Gasteiger partial charge < -0.3 is 37.2 Å². The molecule has 0 aliphatic heterocycles. The average Bonchev–Trinajstić information content (AvgIpc) is 2.82. The predicted octanol–water partition coefficient (Wildman–Crippen LogP) is 5.47. The third kappa shape index (κ3) is 15.8. The number of nitrogens with one attached hydrogen (secondary N) is 2. The van der Waals surface area contributed by atoms with Gasteiger partial charge in [-0.15, -0.1) is 0 Å². The molecule has 0 spiro atoms. The summed E-state index contributed by atoms with van der Waals surface area (Å²) in [4.78, 5) is 48.9. The summed E-state index contributed by atoms with van der Waals surface area (Å²) in [5.41, 5.74) is 9.13. The Bertz CT molecular complexity index is 805. The normalized spacial score (nSPS) is 12.2. The zero-order chi connectivity index (χ0) is 27.0. The summed E-state index contributed by atoms with van der Waals surface area (Å²) in [5, 5.41) is 2.75. The second-order valence-corrected chi connectivity index (χ2v) is 8.60. The number of ether oxygens (including phenoxy) is 1. The standard InChI is InChI=1S/C23H34N3O5.C3H7.U/c1-15(2)21(24)20(28)13-16(3)22(29)25-19-10-8-18(9-11-19)14-31-23(30)26(5)12-6-7-17(4)27;1-3-2;/h8-11,15-16,21,24H,6-7,12-14H2,1-5H3,(H,25,29);1,3H2,2H3;/q2*-1;+2/t16-,21+;;/m1../s1/i4D;;. The van der Waals surface area contributed by atoms with Crippen LogP contribution >= 0.6 is 0 Å². The van der Waals surface area contributed by atoms with Gasteiger partial charge >= 0.3 is 37.2 Å². The average molecular weight is 715 g/mol. The zero-order valence-electron chi connectivity index (χ0n) is 22.7. The quantitative estimate of drug-likeness (QED) is 0.289. The summed E-state index contributed by atoms with van der Waals surface area (Å²) in [6, 6.07) is 6.01. The van der Waals surface area contributed by atoms with Gasteiger partial charge in [0.25, 0.3) is 0 Å². The molecule has 0 saturated heterocycles. The maximum absolute atomic E-state index is 12.3. The van der Waals surface area contributed by atoms with Crippen molar-refractivity contribution in [3.63, 3.8) is 0 Å². The molecule has 0 aliphatic rings. The Morgan fingerprint density at radius 2 is 1.74 bits per heavy atom. The number of carbonyl (C=O) groups excluding carboxylic acids is 4. The molecule has 9 heteroatoms. The number of amides is 2. The van der Waals surface area contributed by atoms with Crippen molar-refractivity contribution in [1.29, 1.82) is 0 Å². The van der Waals surface area contributed by atoms with Crippen molar-refractivity contribution in [2.45, 2.75) is 72.9 Å². The first-order chi connectivity index (χ1) is 16.5. The largest absolute Gasteiger partial charge is 2.00 e. The summed E-state index contributed by atoms with van der Waals surface area (Å²) >= 11 is 0. The number of benzene rings is 1. The number of carbonyl (C=O) groups is 4. The van der Waals surface area contributed by atoms with Gasteiger partial charge in [-0.3, -0.25) is 4.79 Å². The molecule has 0 fully saturated rings. The van der Waals surface area contributed by atoms with Crippen molar-refractivity contribution in [1.82, 2.24) is 4.90 Å². The van der Waals surface area contributed by atoms with Crippen molar-refractivity contribution in [2.75, 3.05) is 18.9 Å². The topological polar surface area (TPSA) is 117 Å². The van der Waals surface area contributed by atoms with Crippen LogP contribution in [0.4, 0.5) is 10.5 Å². The van der Waals surface area contributed by atoms with E-state index >= 15 is 0 Å². The first kappa shape index (κ1) is 33.3.